The van der Waals surface area contributed by atoms with Crippen LogP contribution in [0.25, 0.3) is 10.9 Å². The number of pyridine rings is 1. The minimum atomic E-state index is -0.463. The number of aromatic nitrogens is 1. The van der Waals surface area contributed by atoms with E-state index in [1.165, 1.54) is 7.11 Å². The monoisotopic (exact) mass is 322 g/mol. The second-order valence-corrected chi connectivity index (χ2v) is 5.42. The molecule has 0 saturated heterocycles. The molecule has 0 aliphatic heterocycles. The average molecular weight is 322 g/mol. The molecule has 0 aliphatic carbocycles. The number of carbonyl (C=O) groups is 1. The molecule has 24 heavy (non-hydrogen) atoms. The van der Waals surface area contributed by atoms with Crippen LogP contribution in [0.1, 0.15) is 16.1 Å². The molecule has 5 nitrogen and oxygen atoms in total. The van der Waals surface area contributed by atoms with Gasteiger partial charge < -0.3 is 14.8 Å². The van der Waals surface area contributed by atoms with Gasteiger partial charge in [0.05, 0.1) is 25.4 Å². The molecular formula is C19H18N2O3. The Balaban J connectivity index is 2.08. The van der Waals surface area contributed by atoms with Gasteiger partial charge in [0.2, 0.25) is 0 Å². The standard InChI is InChI=1S/C19H18N2O3/c1-12-4-9-16-15(10-12)17(11-18(21-16)19(22)24-3)20-13-5-7-14(23-2)8-6-13/h4-11H,1-3H3,(H,20,21). The number of carbonyl (C=O) groups excluding carboxylic acids is 1. The Bertz CT molecular complexity index is 889. The third-order valence-electron chi connectivity index (χ3n) is 3.73. The molecule has 5 heteroatoms. The average Bonchev–Trinajstić information content (AvgIpc) is 2.61. The third kappa shape index (κ3) is 3.15. The first-order valence-electron chi connectivity index (χ1n) is 7.51. The second kappa shape index (κ2) is 6.58. The summed E-state index contributed by atoms with van der Waals surface area (Å²) in [4.78, 5) is 16.3. The number of methoxy groups -OCH3 is 2. The fourth-order valence-corrected chi connectivity index (χ4v) is 2.48. The van der Waals surface area contributed by atoms with Gasteiger partial charge in [-0.25, -0.2) is 9.78 Å². The Morgan fingerprint density at radius 2 is 1.79 bits per heavy atom. The quantitative estimate of drug-likeness (QED) is 0.733. The van der Waals surface area contributed by atoms with E-state index in [1.807, 2.05) is 49.4 Å². The summed E-state index contributed by atoms with van der Waals surface area (Å²) in [5.74, 6) is 0.321. The molecule has 1 heterocycles. The number of hydrogen-bond acceptors (Lipinski definition) is 5. The Morgan fingerprint density at radius 1 is 1.04 bits per heavy atom. The van der Waals surface area contributed by atoms with Gasteiger partial charge in [-0.1, -0.05) is 11.6 Å². The number of rotatable bonds is 4. The predicted molar refractivity (Wildman–Crippen MR) is 94.1 cm³/mol. The van der Waals surface area contributed by atoms with Crippen molar-refractivity contribution in [2.75, 3.05) is 19.5 Å². The third-order valence-corrected chi connectivity index (χ3v) is 3.73. The molecule has 122 valence electrons. The maximum Gasteiger partial charge on any atom is 0.356 e. The van der Waals surface area contributed by atoms with Crippen LogP contribution >= 0.6 is 0 Å². The van der Waals surface area contributed by atoms with Gasteiger partial charge in [-0.15, -0.1) is 0 Å². The van der Waals surface area contributed by atoms with Crippen molar-refractivity contribution in [2.45, 2.75) is 6.92 Å². The molecule has 1 N–H and O–H groups in total. The van der Waals surface area contributed by atoms with Crippen LogP contribution in [0.15, 0.2) is 48.5 Å². The molecule has 2 aromatic carbocycles. The first-order valence-corrected chi connectivity index (χ1v) is 7.51. The SMILES string of the molecule is COC(=O)c1cc(Nc2ccc(OC)cc2)c2cc(C)ccc2n1. The smallest absolute Gasteiger partial charge is 0.356 e. The zero-order valence-corrected chi connectivity index (χ0v) is 13.8. The topological polar surface area (TPSA) is 60.5 Å². The van der Waals surface area contributed by atoms with Crippen LogP contribution in [0.3, 0.4) is 0 Å². The fraction of sp³-hybridized carbons (Fsp3) is 0.158. The van der Waals surface area contributed by atoms with Crippen LogP contribution in [-0.4, -0.2) is 25.2 Å². The Morgan fingerprint density at radius 3 is 2.46 bits per heavy atom. The van der Waals surface area contributed by atoms with Crippen LogP contribution in [0.4, 0.5) is 11.4 Å². The van der Waals surface area contributed by atoms with E-state index in [2.05, 4.69) is 10.3 Å². The summed E-state index contributed by atoms with van der Waals surface area (Å²) in [6.07, 6.45) is 0. The number of benzene rings is 2. The summed E-state index contributed by atoms with van der Waals surface area (Å²) in [6, 6.07) is 15.2. The van der Waals surface area contributed by atoms with Crippen molar-refractivity contribution in [3.63, 3.8) is 0 Å². The van der Waals surface area contributed by atoms with Crippen LogP contribution in [0.2, 0.25) is 0 Å². The van der Waals surface area contributed by atoms with E-state index in [0.29, 0.717) is 0 Å². The highest BCUT2D eigenvalue weighted by molar-refractivity contribution is 5.99. The van der Waals surface area contributed by atoms with E-state index in [4.69, 9.17) is 9.47 Å². The van der Waals surface area contributed by atoms with Crippen molar-refractivity contribution in [1.29, 1.82) is 0 Å². The molecule has 0 aliphatic rings. The van der Waals surface area contributed by atoms with Crippen molar-refractivity contribution in [2.24, 2.45) is 0 Å². The van der Waals surface area contributed by atoms with Gasteiger partial charge >= 0.3 is 5.97 Å². The number of ether oxygens (including phenoxy) is 2. The number of aryl methyl sites for hydroxylation is 1. The lowest BCUT2D eigenvalue weighted by Crippen LogP contribution is -2.06. The van der Waals surface area contributed by atoms with E-state index in [9.17, 15) is 4.79 Å². The number of fused-ring (bicyclic) bond motifs is 1. The van der Waals surface area contributed by atoms with Gasteiger partial charge in [-0.3, -0.25) is 0 Å². The van der Waals surface area contributed by atoms with Gasteiger partial charge in [0.1, 0.15) is 5.75 Å². The molecular weight excluding hydrogens is 304 g/mol. The lowest BCUT2D eigenvalue weighted by molar-refractivity contribution is 0.0594. The maximum atomic E-state index is 11.9. The molecule has 3 rings (SSSR count). The summed E-state index contributed by atoms with van der Waals surface area (Å²) in [6.45, 7) is 2.02. The molecule has 0 spiro atoms. The number of nitrogens with one attached hydrogen (secondary N) is 1. The molecule has 0 unspecified atom stereocenters. The molecule has 3 aromatic rings. The van der Waals surface area contributed by atoms with Crippen molar-refractivity contribution < 1.29 is 14.3 Å². The number of anilines is 2. The van der Waals surface area contributed by atoms with Crippen molar-refractivity contribution in [3.8, 4) is 5.75 Å². The predicted octanol–water partition coefficient (Wildman–Crippen LogP) is 4.08. The van der Waals surface area contributed by atoms with Gasteiger partial charge in [0.25, 0.3) is 0 Å². The minimum absolute atomic E-state index is 0.268. The Labute approximate surface area is 140 Å². The van der Waals surface area contributed by atoms with Crippen molar-refractivity contribution >= 4 is 28.2 Å². The Kier molecular flexibility index (Phi) is 4.33. The van der Waals surface area contributed by atoms with Gasteiger partial charge in [0.15, 0.2) is 5.69 Å². The molecule has 1 aromatic heterocycles. The lowest BCUT2D eigenvalue weighted by atomic mass is 10.1. The lowest BCUT2D eigenvalue weighted by Gasteiger charge is -2.12. The first-order chi connectivity index (χ1) is 11.6. The second-order valence-electron chi connectivity index (χ2n) is 5.42. The Hall–Kier alpha value is -3.08. The highest BCUT2D eigenvalue weighted by Gasteiger charge is 2.13. The van der Waals surface area contributed by atoms with Crippen LogP contribution in [0, 0.1) is 6.92 Å². The molecule has 0 fully saturated rings. The number of nitrogens with zero attached hydrogens (tertiary/aromatic N) is 1. The molecule has 0 bridgehead atoms. The fourth-order valence-electron chi connectivity index (χ4n) is 2.48. The highest BCUT2D eigenvalue weighted by Crippen LogP contribution is 2.28. The zero-order chi connectivity index (χ0) is 17.1. The first kappa shape index (κ1) is 15.8. The zero-order valence-electron chi connectivity index (χ0n) is 13.8. The maximum absolute atomic E-state index is 11.9. The summed E-state index contributed by atoms with van der Waals surface area (Å²) in [5.41, 5.74) is 3.81. The summed E-state index contributed by atoms with van der Waals surface area (Å²) >= 11 is 0. The molecule has 0 radical (unpaired) electrons. The largest absolute Gasteiger partial charge is 0.497 e. The highest BCUT2D eigenvalue weighted by atomic mass is 16.5. The summed E-state index contributed by atoms with van der Waals surface area (Å²) in [5, 5.41) is 4.28. The van der Waals surface area contributed by atoms with Gasteiger partial charge in [-0.2, -0.15) is 0 Å². The van der Waals surface area contributed by atoms with E-state index in [0.717, 1.165) is 33.6 Å². The van der Waals surface area contributed by atoms with Gasteiger partial charge in [0, 0.05) is 11.1 Å². The number of hydrogen-bond donors (Lipinski definition) is 1. The molecule has 0 saturated carbocycles. The molecule has 0 atom stereocenters. The van der Waals surface area contributed by atoms with Gasteiger partial charge in [-0.05, 0) is 49.4 Å². The van der Waals surface area contributed by atoms with Crippen LogP contribution < -0.4 is 10.1 Å². The van der Waals surface area contributed by atoms with Crippen LogP contribution in [-0.2, 0) is 4.74 Å². The summed E-state index contributed by atoms with van der Waals surface area (Å²) < 4.78 is 9.97. The van der Waals surface area contributed by atoms with E-state index >= 15 is 0 Å². The van der Waals surface area contributed by atoms with E-state index in [1.54, 1.807) is 13.2 Å². The van der Waals surface area contributed by atoms with Crippen molar-refractivity contribution in [1.82, 2.24) is 4.98 Å². The van der Waals surface area contributed by atoms with E-state index in [-0.39, 0.29) is 5.69 Å². The number of esters is 1. The molecule has 0 amide bonds. The van der Waals surface area contributed by atoms with Crippen LogP contribution in [0.5, 0.6) is 5.75 Å². The summed E-state index contributed by atoms with van der Waals surface area (Å²) in [7, 11) is 2.98. The van der Waals surface area contributed by atoms with E-state index < -0.39 is 5.97 Å². The normalized spacial score (nSPS) is 10.5. The van der Waals surface area contributed by atoms with Crippen molar-refractivity contribution in [3.05, 3.63) is 59.8 Å². The minimum Gasteiger partial charge on any atom is -0.497 e.